The van der Waals surface area contributed by atoms with Gasteiger partial charge in [-0.25, -0.2) is 4.79 Å². The highest BCUT2D eigenvalue weighted by atomic mass is 16.6. The molecular formula is C31H49N5O7. The zero-order valence-corrected chi connectivity index (χ0v) is 27.5. The minimum absolute atomic E-state index is 0.0326. The highest BCUT2D eigenvalue weighted by Crippen LogP contribution is 2.37. The molecule has 0 bridgehead atoms. The average molecular weight is 604 g/mol. The molecule has 1 aliphatic rings. The first-order valence-electron chi connectivity index (χ1n) is 14.3. The van der Waals surface area contributed by atoms with Gasteiger partial charge in [-0.1, -0.05) is 58.9 Å². The molecule has 240 valence electrons. The van der Waals surface area contributed by atoms with E-state index >= 15 is 0 Å². The maximum atomic E-state index is 14.1. The standard InChI is InChI=1S/C31H49N5O7/c1-20(25(38)32-19-22(37)34-42)17-18-35(10)27(40)23(29(2,3)4)33-26(39)24(36(11)28(41)43-30(5,6)7)31(8,9)21-15-13-12-14-16-21/h13,15-17,23-24H,12,14,18-19H2,1-11H3,(H,32,38)(H,33,39)/b20-17+/t23?,24-/m1/s1. The number of nitrogens with one attached hydrogen (secondary N) is 2. The quantitative estimate of drug-likeness (QED) is 0.268. The number of amides is 5. The Kier molecular flexibility index (Phi) is 13.0. The van der Waals surface area contributed by atoms with E-state index in [0.29, 0.717) is 0 Å². The summed E-state index contributed by atoms with van der Waals surface area (Å²) in [4.78, 5) is 77.2. The molecule has 0 saturated heterocycles. The number of carbonyl (C=O) groups is 5. The van der Waals surface area contributed by atoms with Gasteiger partial charge >= 0.3 is 12.0 Å². The van der Waals surface area contributed by atoms with Gasteiger partial charge < -0.3 is 20.3 Å². The fourth-order valence-corrected chi connectivity index (χ4v) is 4.55. The van der Waals surface area contributed by atoms with E-state index in [9.17, 15) is 28.9 Å². The number of rotatable bonds is 11. The van der Waals surface area contributed by atoms with Crippen LogP contribution in [0.2, 0.25) is 0 Å². The van der Waals surface area contributed by atoms with Crippen molar-refractivity contribution in [1.82, 2.24) is 20.4 Å². The van der Waals surface area contributed by atoms with Crippen LogP contribution in [0.15, 0.2) is 40.6 Å². The summed E-state index contributed by atoms with van der Waals surface area (Å²) >= 11 is 0. The number of nitrogens with zero attached hydrogens (tertiary/aromatic N) is 3. The number of hydrogen-bond donors (Lipinski definition) is 2. The summed E-state index contributed by atoms with van der Waals surface area (Å²) in [6.45, 7) is 15.5. The minimum Gasteiger partial charge on any atom is -0.444 e. The molecule has 2 N–H and O–H groups in total. The lowest BCUT2D eigenvalue weighted by molar-refractivity contribution is -0.140. The lowest BCUT2D eigenvalue weighted by Crippen LogP contribution is -2.61. The molecule has 1 unspecified atom stereocenters. The molecular weight excluding hydrogens is 554 g/mol. The summed E-state index contributed by atoms with van der Waals surface area (Å²) in [6, 6.07) is -2.00. The largest absolute Gasteiger partial charge is 0.444 e. The van der Waals surface area contributed by atoms with Crippen molar-refractivity contribution >= 4 is 29.7 Å². The fraction of sp³-hybridized carbons (Fsp3) is 0.645. The Morgan fingerprint density at radius 2 is 1.63 bits per heavy atom. The van der Waals surface area contributed by atoms with Gasteiger partial charge in [-0.05, 0) is 51.5 Å². The van der Waals surface area contributed by atoms with Gasteiger partial charge in [-0.2, -0.15) is 0 Å². The van der Waals surface area contributed by atoms with Crippen molar-refractivity contribution in [2.45, 2.75) is 92.8 Å². The molecule has 0 heterocycles. The van der Waals surface area contributed by atoms with E-state index < -0.39 is 64.8 Å². The molecule has 0 aromatic carbocycles. The summed E-state index contributed by atoms with van der Waals surface area (Å²) in [5.74, 6) is -2.51. The first kappa shape index (κ1) is 37.2. The van der Waals surface area contributed by atoms with Crippen LogP contribution >= 0.6 is 0 Å². The third kappa shape index (κ3) is 11.1. The van der Waals surface area contributed by atoms with Crippen LogP contribution in [0.25, 0.3) is 0 Å². The van der Waals surface area contributed by atoms with Gasteiger partial charge in [0.15, 0.2) is 0 Å². The van der Waals surface area contributed by atoms with E-state index in [2.05, 4.69) is 21.9 Å². The van der Waals surface area contributed by atoms with E-state index in [4.69, 9.17) is 4.74 Å². The third-order valence-electron chi connectivity index (χ3n) is 7.05. The molecule has 2 atom stereocenters. The predicted octanol–water partition coefficient (Wildman–Crippen LogP) is 3.87. The molecule has 0 aromatic heterocycles. The first-order valence-corrected chi connectivity index (χ1v) is 14.3. The molecule has 12 heteroatoms. The van der Waals surface area contributed by atoms with Crippen LogP contribution in [-0.4, -0.2) is 84.4 Å². The molecule has 0 fully saturated rings. The van der Waals surface area contributed by atoms with Gasteiger partial charge in [0.1, 0.15) is 24.2 Å². The van der Waals surface area contributed by atoms with Crippen LogP contribution in [0.3, 0.4) is 0 Å². The lowest BCUT2D eigenvalue weighted by Gasteiger charge is -2.42. The molecule has 0 radical (unpaired) electrons. The van der Waals surface area contributed by atoms with Gasteiger partial charge in [0.25, 0.3) is 0 Å². The zero-order valence-electron chi connectivity index (χ0n) is 27.5. The molecule has 0 aromatic rings. The van der Waals surface area contributed by atoms with E-state index in [-0.39, 0.29) is 12.1 Å². The van der Waals surface area contributed by atoms with Crippen LogP contribution in [-0.2, 0) is 23.9 Å². The van der Waals surface area contributed by atoms with Crippen molar-refractivity contribution < 1.29 is 28.7 Å². The number of ether oxygens (including phenoxy) is 1. The van der Waals surface area contributed by atoms with Gasteiger partial charge in [0.05, 0.1) is 0 Å². The van der Waals surface area contributed by atoms with Crippen molar-refractivity contribution in [2.24, 2.45) is 16.0 Å². The second-order valence-electron chi connectivity index (χ2n) is 13.4. The van der Waals surface area contributed by atoms with Crippen LogP contribution in [0.4, 0.5) is 4.79 Å². The Hall–Kier alpha value is -3.83. The van der Waals surface area contributed by atoms with Crippen LogP contribution in [0.1, 0.15) is 75.2 Å². The highest BCUT2D eigenvalue weighted by Gasteiger charge is 2.45. The van der Waals surface area contributed by atoms with Crippen molar-refractivity contribution in [3.63, 3.8) is 0 Å². The summed E-state index contributed by atoms with van der Waals surface area (Å²) in [5, 5.41) is 7.43. The minimum atomic E-state index is -1.02. The number of likely N-dealkylation sites (N-methyl/N-ethyl adjacent to an activating group) is 2. The molecule has 43 heavy (non-hydrogen) atoms. The number of carbonyl (C=O) groups excluding carboxylic acids is 5. The van der Waals surface area contributed by atoms with E-state index in [1.54, 1.807) is 27.8 Å². The lowest BCUT2D eigenvalue weighted by atomic mass is 9.74. The Morgan fingerprint density at radius 1 is 1.02 bits per heavy atom. The molecule has 0 aliphatic heterocycles. The first-order chi connectivity index (χ1) is 19.6. The average Bonchev–Trinajstić information content (AvgIpc) is 2.91. The predicted molar refractivity (Wildman–Crippen MR) is 165 cm³/mol. The maximum Gasteiger partial charge on any atom is 0.410 e. The van der Waals surface area contributed by atoms with Crippen molar-refractivity contribution in [1.29, 1.82) is 0 Å². The second-order valence-corrected chi connectivity index (χ2v) is 13.4. The second kappa shape index (κ2) is 15.1. The fourth-order valence-electron chi connectivity index (χ4n) is 4.55. The van der Waals surface area contributed by atoms with Gasteiger partial charge in [-0.3, -0.25) is 24.1 Å². The van der Waals surface area contributed by atoms with Crippen molar-refractivity contribution in [3.05, 3.63) is 40.4 Å². The van der Waals surface area contributed by atoms with Gasteiger partial charge in [0.2, 0.25) is 17.7 Å². The molecule has 12 nitrogen and oxygen atoms in total. The molecule has 1 rings (SSSR count). The number of allylic oxidation sites excluding steroid dienone is 3. The summed E-state index contributed by atoms with van der Waals surface area (Å²) in [7, 11) is 3.06. The topological polar surface area (TPSA) is 155 Å². The molecule has 0 spiro atoms. The van der Waals surface area contributed by atoms with E-state index in [1.165, 1.54) is 29.8 Å². The number of hydrogen-bond acceptors (Lipinski definition) is 7. The van der Waals surface area contributed by atoms with Crippen LogP contribution in [0, 0.1) is 15.7 Å². The van der Waals surface area contributed by atoms with Crippen LogP contribution in [0.5, 0.6) is 0 Å². The Bertz CT molecular complexity index is 1170. The Morgan fingerprint density at radius 3 is 2.12 bits per heavy atom. The normalized spacial score (nSPS) is 15.4. The van der Waals surface area contributed by atoms with E-state index in [0.717, 1.165) is 18.4 Å². The summed E-state index contributed by atoms with van der Waals surface area (Å²) in [6.07, 6.45) is 8.57. The smallest absolute Gasteiger partial charge is 0.410 e. The van der Waals surface area contributed by atoms with Gasteiger partial charge in [0, 0.05) is 36.8 Å². The van der Waals surface area contributed by atoms with Crippen LogP contribution < -0.4 is 10.6 Å². The number of nitroso groups, excluding NO2 is 1. The summed E-state index contributed by atoms with van der Waals surface area (Å²) < 4.78 is 5.60. The van der Waals surface area contributed by atoms with E-state index in [1.807, 2.05) is 46.8 Å². The molecule has 5 amide bonds. The summed E-state index contributed by atoms with van der Waals surface area (Å²) in [5.41, 5.74) is -1.21. The van der Waals surface area contributed by atoms with Crippen molar-refractivity contribution in [3.8, 4) is 0 Å². The van der Waals surface area contributed by atoms with Crippen molar-refractivity contribution in [2.75, 3.05) is 27.2 Å². The Balaban J connectivity index is 3.31. The third-order valence-corrected chi connectivity index (χ3v) is 7.05. The SMILES string of the molecule is C/C(=C\CN(C)C(=O)C(NC(=O)[C@@H](N(C)C(=O)OC(C)(C)C)C(C)(C)C1=CCCC=C1)C(C)(C)C)C(=O)NCC(=O)N=O. The molecule has 1 aliphatic carbocycles. The zero-order chi connectivity index (χ0) is 33.3. The maximum absolute atomic E-state index is 14.1. The Labute approximate surface area is 255 Å². The monoisotopic (exact) mass is 603 g/mol. The highest BCUT2D eigenvalue weighted by molar-refractivity contribution is 5.96. The van der Waals surface area contributed by atoms with Gasteiger partial charge in [-0.15, -0.1) is 4.91 Å². The molecule has 0 saturated carbocycles.